The van der Waals surface area contributed by atoms with Gasteiger partial charge >= 0.3 is 0 Å². The fraction of sp³-hybridized carbons (Fsp3) is 0.333. The number of likely N-dealkylation sites (N-methyl/N-ethyl adjacent to an activating group) is 1. The number of halogens is 1. The van der Waals surface area contributed by atoms with Crippen molar-refractivity contribution in [1.29, 1.82) is 0 Å². The number of aliphatic imine (C=N–C) groups is 1. The number of nitrogens with zero attached hydrogens (tertiary/aromatic N) is 4. The van der Waals surface area contributed by atoms with Crippen LogP contribution in [0.5, 0.6) is 11.5 Å². The molecule has 11 heteroatoms. The van der Waals surface area contributed by atoms with Gasteiger partial charge in [-0.05, 0) is 79.0 Å². The van der Waals surface area contributed by atoms with Gasteiger partial charge in [-0.15, -0.1) is 11.3 Å². The summed E-state index contributed by atoms with van der Waals surface area (Å²) >= 11 is 8.40. The molecule has 4 aromatic rings. The lowest BCUT2D eigenvalue weighted by atomic mass is 9.98. The monoisotopic (exact) mass is 672 g/mol. The first kappa shape index (κ1) is 33.0. The van der Waals surface area contributed by atoms with Crippen molar-refractivity contribution in [2.75, 3.05) is 60.5 Å². The number of amides is 1. The molecule has 3 aromatic carbocycles. The number of thiophene rings is 1. The number of hydrazine groups is 1. The number of carbonyl (C=O) groups is 1. The first-order valence-corrected chi connectivity index (χ1v) is 17.0. The zero-order chi connectivity index (χ0) is 32.8. The lowest BCUT2D eigenvalue weighted by Gasteiger charge is -2.33. The highest BCUT2D eigenvalue weighted by Crippen LogP contribution is 2.39. The van der Waals surface area contributed by atoms with Gasteiger partial charge in [0.2, 0.25) is 0 Å². The summed E-state index contributed by atoms with van der Waals surface area (Å²) in [4.78, 5) is 24.1. The second kappa shape index (κ2) is 15.3. The highest BCUT2D eigenvalue weighted by Gasteiger charge is 2.27. The van der Waals surface area contributed by atoms with Crippen molar-refractivity contribution >= 4 is 45.3 Å². The average molecular weight is 673 g/mol. The number of rotatable bonds is 12. The molecule has 0 bridgehead atoms. The van der Waals surface area contributed by atoms with Crippen LogP contribution in [0.4, 0.5) is 0 Å². The van der Waals surface area contributed by atoms with Gasteiger partial charge in [-0.25, -0.2) is 10.4 Å². The van der Waals surface area contributed by atoms with Crippen molar-refractivity contribution in [2.24, 2.45) is 4.99 Å². The Morgan fingerprint density at radius 1 is 0.957 bits per heavy atom. The van der Waals surface area contributed by atoms with E-state index in [4.69, 9.17) is 21.1 Å². The van der Waals surface area contributed by atoms with Crippen LogP contribution in [0, 0.1) is 0 Å². The van der Waals surface area contributed by atoms with Crippen molar-refractivity contribution in [2.45, 2.75) is 18.5 Å². The summed E-state index contributed by atoms with van der Waals surface area (Å²) in [5.74, 6) is 1.35. The van der Waals surface area contributed by atoms with Crippen LogP contribution in [0.25, 0.3) is 10.1 Å². The van der Waals surface area contributed by atoms with Gasteiger partial charge in [0.15, 0.2) is 0 Å². The highest BCUT2D eigenvalue weighted by molar-refractivity contribution is 7.19. The zero-order valence-electron chi connectivity index (χ0n) is 27.0. The lowest BCUT2D eigenvalue weighted by Crippen LogP contribution is -2.46. The molecule has 6 rings (SSSR count). The number of nitrogens with one attached hydrogen (secondary N) is 2. The number of fused-ring (bicyclic) bond motifs is 1. The predicted molar refractivity (Wildman–Crippen MR) is 191 cm³/mol. The number of benzene rings is 3. The third-order valence-corrected chi connectivity index (χ3v) is 10.2. The molecule has 0 radical (unpaired) electrons. The fourth-order valence-electron chi connectivity index (χ4n) is 5.93. The molecule has 0 saturated carbocycles. The number of hydrogen-bond donors (Lipinski definition) is 2. The molecule has 3 heterocycles. The SMILES string of the molecule is COc1ccc(C(NC(=O)c2ccc3cc(C4C(Cl)=CN=CN4NCCCN4CCN(C)CC4)sc3c2)c2ccc(OC)cc2)cc1. The molecular formula is C36H41ClN6O3S. The van der Waals surface area contributed by atoms with Crippen molar-refractivity contribution in [3.05, 3.63) is 106 Å². The summed E-state index contributed by atoms with van der Waals surface area (Å²) in [5.41, 5.74) is 6.01. The smallest absolute Gasteiger partial charge is 0.252 e. The van der Waals surface area contributed by atoms with Crippen molar-refractivity contribution in [3.63, 3.8) is 0 Å². The predicted octanol–water partition coefficient (Wildman–Crippen LogP) is 6.05. The maximum atomic E-state index is 13.8. The average Bonchev–Trinajstić information content (AvgIpc) is 3.53. The molecule has 1 fully saturated rings. The van der Waals surface area contributed by atoms with Gasteiger partial charge in [0.25, 0.3) is 5.91 Å². The molecule has 1 unspecified atom stereocenters. The molecule has 1 saturated heterocycles. The Balaban J connectivity index is 1.16. The Bertz CT molecular complexity index is 1670. The summed E-state index contributed by atoms with van der Waals surface area (Å²) in [6, 6.07) is 22.9. The van der Waals surface area contributed by atoms with E-state index in [9.17, 15) is 4.79 Å². The summed E-state index contributed by atoms with van der Waals surface area (Å²) in [6.45, 7) is 6.35. The van der Waals surface area contributed by atoms with Crippen molar-refractivity contribution in [3.8, 4) is 11.5 Å². The molecule has 2 N–H and O–H groups in total. The molecular weight excluding hydrogens is 632 g/mol. The number of hydrogen-bond acceptors (Lipinski definition) is 9. The van der Waals surface area contributed by atoms with Crippen LogP contribution in [-0.2, 0) is 0 Å². The van der Waals surface area contributed by atoms with E-state index in [1.807, 2.05) is 71.7 Å². The molecule has 2 aliphatic heterocycles. The van der Waals surface area contributed by atoms with Gasteiger partial charge < -0.3 is 24.6 Å². The minimum absolute atomic E-state index is 0.162. The molecule has 1 atom stereocenters. The van der Waals surface area contributed by atoms with Gasteiger partial charge in [-0.1, -0.05) is 41.9 Å². The summed E-state index contributed by atoms with van der Waals surface area (Å²) in [6.07, 6.45) is 4.53. The minimum Gasteiger partial charge on any atom is -0.497 e. The quantitative estimate of drug-likeness (QED) is 0.178. The van der Waals surface area contributed by atoms with Gasteiger partial charge in [-0.3, -0.25) is 9.80 Å². The van der Waals surface area contributed by atoms with Gasteiger partial charge in [0.1, 0.15) is 23.9 Å². The van der Waals surface area contributed by atoms with Crippen molar-refractivity contribution in [1.82, 2.24) is 25.6 Å². The Hall–Kier alpha value is -3.93. The van der Waals surface area contributed by atoms with Crippen LogP contribution < -0.4 is 20.2 Å². The summed E-state index contributed by atoms with van der Waals surface area (Å²) in [7, 11) is 5.46. The standard InChI is InChI=1S/C36H41ClN6O3S/c1-41-17-19-42(20-18-41)16-4-15-39-43-24-38-23-31(37)35(43)33-21-27-5-6-28(22-32(27)47-33)36(44)40-34(25-7-11-29(45-2)12-8-25)26-9-13-30(46-3)14-10-26/h5-14,21-24,34-35,39H,4,15-20H2,1-3H3,(H,40,44). The highest BCUT2D eigenvalue weighted by atomic mass is 35.5. The molecule has 1 aromatic heterocycles. The largest absolute Gasteiger partial charge is 0.497 e. The van der Waals surface area contributed by atoms with Gasteiger partial charge in [-0.2, -0.15) is 0 Å². The van der Waals surface area contributed by atoms with E-state index in [1.165, 1.54) is 0 Å². The van der Waals surface area contributed by atoms with E-state index < -0.39 is 0 Å². The van der Waals surface area contributed by atoms with E-state index in [0.717, 1.165) is 83.3 Å². The number of carbonyl (C=O) groups excluding carboxylic acids is 1. The third-order valence-electron chi connectivity index (χ3n) is 8.71. The van der Waals surface area contributed by atoms with Crippen LogP contribution in [0.2, 0.25) is 0 Å². The zero-order valence-corrected chi connectivity index (χ0v) is 28.6. The Morgan fingerprint density at radius 2 is 1.62 bits per heavy atom. The van der Waals surface area contributed by atoms with Gasteiger partial charge in [0, 0.05) is 54.1 Å². The first-order chi connectivity index (χ1) is 22.9. The molecule has 1 amide bonds. The number of piperazine rings is 1. The maximum Gasteiger partial charge on any atom is 0.252 e. The van der Waals surface area contributed by atoms with E-state index in [-0.39, 0.29) is 18.0 Å². The van der Waals surface area contributed by atoms with Crippen LogP contribution >= 0.6 is 22.9 Å². The van der Waals surface area contributed by atoms with E-state index in [0.29, 0.717) is 10.6 Å². The summed E-state index contributed by atoms with van der Waals surface area (Å²) < 4.78 is 11.7. The van der Waals surface area contributed by atoms with Crippen LogP contribution in [0.1, 0.15) is 44.9 Å². The maximum absolute atomic E-state index is 13.8. The lowest BCUT2D eigenvalue weighted by molar-refractivity contribution is 0.0943. The molecule has 9 nitrogen and oxygen atoms in total. The van der Waals surface area contributed by atoms with Gasteiger partial charge in [0.05, 0.1) is 25.3 Å². The molecule has 47 heavy (non-hydrogen) atoms. The Kier molecular flexibility index (Phi) is 10.7. The van der Waals surface area contributed by atoms with Crippen LogP contribution in [0.15, 0.2) is 89.0 Å². The molecule has 0 spiro atoms. The molecule has 246 valence electrons. The van der Waals surface area contributed by atoms with Crippen molar-refractivity contribution < 1.29 is 14.3 Å². The first-order valence-electron chi connectivity index (χ1n) is 15.9. The minimum atomic E-state index is -0.365. The Morgan fingerprint density at radius 3 is 2.26 bits per heavy atom. The molecule has 2 aliphatic rings. The van der Waals surface area contributed by atoms with Crippen LogP contribution in [-0.4, -0.2) is 87.6 Å². The second-order valence-electron chi connectivity index (χ2n) is 11.8. The summed E-state index contributed by atoms with van der Waals surface area (Å²) in [5, 5.41) is 6.96. The fourth-order valence-corrected chi connectivity index (χ4v) is 7.49. The number of ether oxygens (including phenoxy) is 2. The molecule has 0 aliphatic carbocycles. The normalized spacial score (nSPS) is 17.3. The third kappa shape index (κ3) is 7.97. The van der Waals surface area contributed by atoms with E-state index in [1.54, 1.807) is 38.1 Å². The van der Waals surface area contributed by atoms with Crippen LogP contribution in [0.3, 0.4) is 0 Å². The second-order valence-corrected chi connectivity index (χ2v) is 13.4. The van der Waals surface area contributed by atoms with E-state index >= 15 is 0 Å². The number of methoxy groups -OCH3 is 2. The Labute approximate surface area is 285 Å². The topological polar surface area (TPSA) is 81.7 Å². The van der Waals surface area contributed by atoms with E-state index in [2.05, 4.69) is 38.6 Å².